The molecule has 4 nitrogen and oxygen atoms in total. The van der Waals surface area contributed by atoms with Crippen molar-refractivity contribution in [1.82, 2.24) is 14.5 Å². The molecule has 0 saturated carbocycles. The second-order valence-electron chi connectivity index (χ2n) is 6.61. The third-order valence-corrected chi connectivity index (χ3v) is 5.61. The van der Waals surface area contributed by atoms with Crippen molar-refractivity contribution in [2.75, 3.05) is 0 Å². The third kappa shape index (κ3) is 5.36. The molecule has 0 aliphatic carbocycles. The van der Waals surface area contributed by atoms with E-state index in [-0.39, 0.29) is 0 Å². The fourth-order valence-electron chi connectivity index (χ4n) is 2.78. The van der Waals surface area contributed by atoms with Gasteiger partial charge in [0.25, 0.3) is 0 Å². The van der Waals surface area contributed by atoms with Gasteiger partial charge in [0.2, 0.25) is 0 Å². The SMILES string of the molecule is CCCCn1c(SCc2ccc(OCc3ccccn3)cc2)nc(C)c1C. The number of unbranched alkanes of at least 4 members (excludes halogenated alkanes) is 1. The predicted octanol–water partition coefficient (Wildman–Crippen LogP) is 5.57. The number of aryl methyl sites for hydroxylation is 1. The summed E-state index contributed by atoms with van der Waals surface area (Å²) < 4.78 is 8.16. The lowest BCUT2D eigenvalue weighted by Gasteiger charge is -2.10. The summed E-state index contributed by atoms with van der Waals surface area (Å²) in [5.74, 6) is 1.77. The van der Waals surface area contributed by atoms with Crippen LogP contribution in [0.25, 0.3) is 0 Å². The summed E-state index contributed by atoms with van der Waals surface area (Å²) in [6.07, 6.45) is 4.17. The zero-order valence-corrected chi connectivity index (χ0v) is 17.1. The Bertz CT molecular complexity index is 844. The Morgan fingerprint density at radius 1 is 1.07 bits per heavy atom. The van der Waals surface area contributed by atoms with Crippen molar-refractivity contribution in [2.24, 2.45) is 0 Å². The molecule has 3 aromatic rings. The first kappa shape index (κ1) is 19.5. The maximum Gasteiger partial charge on any atom is 0.168 e. The van der Waals surface area contributed by atoms with E-state index in [1.165, 1.54) is 24.1 Å². The summed E-state index contributed by atoms with van der Waals surface area (Å²) in [5, 5.41) is 1.12. The van der Waals surface area contributed by atoms with Crippen molar-refractivity contribution in [2.45, 2.75) is 57.7 Å². The Hall–Kier alpha value is -2.27. The second-order valence-corrected chi connectivity index (χ2v) is 7.56. The van der Waals surface area contributed by atoms with E-state index in [0.29, 0.717) is 6.61 Å². The molecule has 1 aromatic carbocycles. The molecule has 27 heavy (non-hydrogen) atoms. The molecule has 5 heteroatoms. The smallest absolute Gasteiger partial charge is 0.168 e. The number of ether oxygens (including phenoxy) is 1. The van der Waals surface area contributed by atoms with Crippen molar-refractivity contribution < 1.29 is 4.74 Å². The average Bonchev–Trinajstić information content (AvgIpc) is 2.98. The number of hydrogen-bond acceptors (Lipinski definition) is 4. The highest BCUT2D eigenvalue weighted by Crippen LogP contribution is 2.26. The largest absolute Gasteiger partial charge is 0.487 e. The van der Waals surface area contributed by atoms with Crippen LogP contribution in [0, 0.1) is 13.8 Å². The van der Waals surface area contributed by atoms with Crippen LogP contribution < -0.4 is 4.74 Å². The summed E-state index contributed by atoms with van der Waals surface area (Å²) in [6, 6.07) is 14.2. The lowest BCUT2D eigenvalue weighted by Crippen LogP contribution is -2.02. The number of hydrogen-bond donors (Lipinski definition) is 0. The molecule has 0 spiro atoms. The zero-order chi connectivity index (χ0) is 19.1. The van der Waals surface area contributed by atoms with Gasteiger partial charge in [0.05, 0.1) is 11.4 Å². The van der Waals surface area contributed by atoms with Crippen LogP contribution in [0.15, 0.2) is 53.8 Å². The molecule has 0 atom stereocenters. The number of benzene rings is 1. The van der Waals surface area contributed by atoms with Gasteiger partial charge in [0.1, 0.15) is 12.4 Å². The number of nitrogens with zero attached hydrogens (tertiary/aromatic N) is 3. The maximum atomic E-state index is 5.81. The number of aromatic nitrogens is 3. The van der Waals surface area contributed by atoms with Crippen LogP contribution in [0.5, 0.6) is 5.75 Å². The molecule has 0 bridgehead atoms. The Morgan fingerprint density at radius 3 is 2.59 bits per heavy atom. The lowest BCUT2D eigenvalue weighted by molar-refractivity contribution is 0.301. The van der Waals surface area contributed by atoms with E-state index in [1.54, 1.807) is 18.0 Å². The van der Waals surface area contributed by atoms with E-state index >= 15 is 0 Å². The topological polar surface area (TPSA) is 39.9 Å². The van der Waals surface area contributed by atoms with Gasteiger partial charge in [-0.1, -0.05) is 43.3 Å². The van der Waals surface area contributed by atoms with Gasteiger partial charge in [-0.15, -0.1) is 0 Å². The predicted molar refractivity (Wildman–Crippen MR) is 111 cm³/mol. The molecule has 0 fully saturated rings. The van der Waals surface area contributed by atoms with Gasteiger partial charge >= 0.3 is 0 Å². The molecule has 0 radical (unpaired) electrons. The minimum absolute atomic E-state index is 0.488. The first-order valence-electron chi connectivity index (χ1n) is 9.45. The summed E-state index contributed by atoms with van der Waals surface area (Å²) in [6.45, 7) is 8.02. The minimum atomic E-state index is 0.488. The molecule has 142 valence electrons. The van der Waals surface area contributed by atoms with Crippen molar-refractivity contribution in [3.63, 3.8) is 0 Å². The van der Waals surface area contributed by atoms with E-state index in [2.05, 4.69) is 42.5 Å². The van der Waals surface area contributed by atoms with E-state index in [1.807, 2.05) is 30.3 Å². The summed E-state index contributed by atoms with van der Waals surface area (Å²) >= 11 is 1.80. The average molecular weight is 382 g/mol. The van der Waals surface area contributed by atoms with E-state index in [0.717, 1.165) is 34.6 Å². The molecule has 2 aromatic heterocycles. The van der Waals surface area contributed by atoms with Gasteiger partial charge in [-0.25, -0.2) is 4.98 Å². The van der Waals surface area contributed by atoms with Gasteiger partial charge in [-0.3, -0.25) is 4.98 Å². The molecule has 3 rings (SSSR count). The summed E-state index contributed by atoms with van der Waals surface area (Å²) in [7, 11) is 0. The fraction of sp³-hybridized carbons (Fsp3) is 0.364. The van der Waals surface area contributed by atoms with Crippen LogP contribution in [0.2, 0.25) is 0 Å². The quantitative estimate of drug-likeness (QED) is 0.455. The van der Waals surface area contributed by atoms with Crippen molar-refractivity contribution in [3.05, 3.63) is 71.3 Å². The number of pyridine rings is 1. The Kier molecular flexibility index (Phi) is 6.93. The first-order chi connectivity index (χ1) is 13.2. The molecule has 0 unspecified atom stereocenters. The second kappa shape index (κ2) is 9.60. The highest BCUT2D eigenvalue weighted by Gasteiger charge is 2.11. The number of imidazole rings is 1. The standard InChI is InChI=1S/C22H27N3OS/c1-4-5-14-25-18(3)17(2)24-22(25)27-16-19-9-11-21(12-10-19)26-15-20-8-6-7-13-23-20/h6-13H,4-5,14-16H2,1-3H3. The van der Waals surface area contributed by atoms with Crippen molar-refractivity contribution in [1.29, 1.82) is 0 Å². The van der Waals surface area contributed by atoms with Gasteiger partial charge in [-0.05, 0) is 50.1 Å². The van der Waals surface area contributed by atoms with Crippen LogP contribution >= 0.6 is 11.8 Å². The third-order valence-electron chi connectivity index (χ3n) is 4.56. The summed E-state index contributed by atoms with van der Waals surface area (Å²) in [4.78, 5) is 9.03. The molecular formula is C22H27N3OS. The fourth-order valence-corrected chi connectivity index (χ4v) is 3.86. The maximum absolute atomic E-state index is 5.81. The lowest BCUT2D eigenvalue weighted by atomic mass is 10.2. The molecule has 0 aliphatic rings. The Morgan fingerprint density at radius 2 is 1.89 bits per heavy atom. The van der Waals surface area contributed by atoms with Gasteiger partial charge in [0, 0.05) is 24.2 Å². The monoisotopic (exact) mass is 381 g/mol. The molecule has 0 saturated heterocycles. The highest BCUT2D eigenvalue weighted by molar-refractivity contribution is 7.98. The van der Waals surface area contributed by atoms with Crippen LogP contribution in [0.1, 0.15) is 42.4 Å². The van der Waals surface area contributed by atoms with E-state index in [9.17, 15) is 0 Å². The van der Waals surface area contributed by atoms with Gasteiger partial charge < -0.3 is 9.30 Å². The molecule has 0 N–H and O–H groups in total. The number of thioether (sulfide) groups is 1. The molecule has 2 heterocycles. The molecule has 0 amide bonds. The Labute approximate surface area is 166 Å². The van der Waals surface area contributed by atoms with Crippen LogP contribution in [-0.2, 0) is 18.9 Å². The molecular weight excluding hydrogens is 354 g/mol. The molecule has 0 aliphatic heterocycles. The van der Waals surface area contributed by atoms with Crippen LogP contribution in [0.3, 0.4) is 0 Å². The van der Waals surface area contributed by atoms with E-state index in [4.69, 9.17) is 9.72 Å². The van der Waals surface area contributed by atoms with E-state index < -0.39 is 0 Å². The Balaban J connectivity index is 1.56. The van der Waals surface area contributed by atoms with Crippen molar-refractivity contribution in [3.8, 4) is 5.75 Å². The van der Waals surface area contributed by atoms with Gasteiger partial charge in [0.15, 0.2) is 5.16 Å². The summed E-state index contributed by atoms with van der Waals surface area (Å²) in [5.41, 5.74) is 4.61. The normalized spacial score (nSPS) is 10.9. The zero-order valence-electron chi connectivity index (χ0n) is 16.3. The minimum Gasteiger partial charge on any atom is -0.487 e. The highest BCUT2D eigenvalue weighted by atomic mass is 32.2. The van der Waals surface area contributed by atoms with Crippen LogP contribution in [0.4, 0.5) is 0 Å². The first-order valence-corrected chi connectivity index (χ1v) is 10.4. The van der Waals surface area contributed by atoms with Crippen molar-refractivity contribution >= 4 is 11.8 Å². The number of rotatable bonds is 9. The van der Waals surface area contributed by atoms with Crippen LogP contribution in [-0.4, -0.2) is 14.5 Å². The van der Waals surface area contributed by atoms with Gasteiger partial charge in [-0.2, -0.15) is 0 Å².